The third-order valence-electron chi connectivity index (χ3n) is 3.36. The van der Waals surface area contributed by atoms with Gasteiger partial charge in [-0.1, -0.05) is 36.4 Å². The number of aromatic nitrogens is 1. The molecule has 1 aromatic heterocycles. The van der Waals surface area contributed by atoms with Crippen molar-refractivity contribution in [3.05, 3.63) is 66.6 Å². The summed E-state index contributed by atoms with van der Waals surface area (Å²) in [6, 6.07) is 15.8. The van der Waals surface area contributed by atoms with Crippen LogP contribution >= 0.6 is 0 Å². The summed E-state index contributed by atoms with van der Waals surface area (Å²) in [5, 5.41) is 0. The van der Waals surface area contributed by atoms with E-state index in [1.54, 1.807) is 48.7 Å². The van der Waals surface area contributed by atoms with Crippen molar-refractivity contribution >= 4 is 11.4 Å². The Morgan fingerprint density at radius 3 is 1.90 bits per heavy atom. The van der Waals surface area contributed by atoms with Gasteiger partial charge in [-0.2, -0.15) is 0 Å². The van der Waals surface area contributed by atoms with Gasteiger partial charge in [0.25, 0.3) is 0 Å². The van der Waals surface area contributed by atoms with Crippen LogP contribution in [-0.4, -0.2) is 4.98 Å². The first-order chi connectivity index (χ1) is 10.2. The molecular weight excluding hydrogens is 265 g/mol. The van der Waals surface area contributed by atoms with Crippen molar-refractivity contribution in [3.63, 3.8) is 0 Å². The standard InChI is InChI=1S/C17H14FN3/c18-16-12(11-5-1-3-7-14(11)19)9-10-21-17(16)13-6-2-4-8-15(13)20/h1-10H,19-20H2. The fourth-order valence-corrected chi connectivity index (χ4v) is 2.29. The smallest absolute Gasteiger partial charge is 0.157 e. The molecule has 0 radical (unpaired) electrons. The molecule has 0 fully saturated rings. The summed E-state index contributed by atoms with van der Waals surface area (Å²) in [5.74, 6) is -0.423. The molecule has 1 heterocycles. The van der Waals surface area contributed by atoms with Crippen molar-refractivity contribution < 1.29 is 4.39 Å². The summed E-state index contributed by atoms with van der Waals surface area (Å²) < 4.78 is 14.8. The van der Waals surface area contributed by atoms with Gasteiger partial charge in [0.15, 0.2) is 5.82 Å². The number of nitrogens with two attached hydrogens (primary N) is 2. The average molecular weight is 279 g/mol. The van der Waals surface area contributed by atoms with Gasteiger partial charge in [0.05, 0.1) is 0 Å². The number of halogens is 1. The Labute approximate surface area is 122 Å². The second-order valence-corrected chi connectivity index (χ2v) is 4.70. The molecule has 0 aliphatic heterocycles. The van der Waals surface area contributed by atoms with E-state index < -0.39 is 5.82 Å². The van der Waals surface area contributed by atoms with Crippen molar-refractivity contribution in [3.8, 4) is 22.4 Å². The first-order valence-corrected chi connectivity index (χ1v) is 6.52. The van der Waals surface area contributed by atoms with Crippen molar-refractivity contribution in [1.29, 1.82) is 0 Å². The van der Waals surface area contributed by atoms with Crippen LogP contribution in [0.1, 0.15) is 0 Å². The maximum absolute atomic E-state index is 14.8. The molecule has 0 unspecified atom stereocenters. The number of anilines is 2. The minimum atomic E-state index is -0.423. The Bertz CT molecular complexity index is 736. The lowest BCUT2D eigenvalue weighted by Gasteiger charge is -2.11. The zero-order valence-corrected chi connectivity index (χ0v) is 11.3. The molecule has 0 aliphatic carbocycles. The Kier molecular flexibility index (Phi) is 3.28. The highest BCUT2D eigenvalue weighted by molar-refractivity contribution is 5.82. The molecule has 0 aliphatic rings. The van der Waals surface area contributed by atoms with Gasteiger partial charge in [-0.05, 0) is 18.2 Å². The second kappa shape index (κ2) is 5.25. The number of nitrogens with zero attached hydrogens (tertiary/aromatic N) is 1. The molecule has 21 heavy (non-hydrogen) atoms. The maximum Gasteiger partial charge on any atom is 0.157 e. The van der Waals surface area contributed by atoms with Crippen molar-refractivity contribution in [2.24, 2.45) is 0 Å². The molecule has 0 saturated heterocycles. The molecule has 0 saturated carbocycles. The first-order valence-electron chi connectivity index (χ1n) is 6.52. The lowest BCUT2D eigenvalue weighted by atomic mass is 10.0. The molecule has 4 heteroatoms. The summed E-state index contributed by atoms with van der Waals surface area (Å²) in [7, 11) is 0. The lowest BCUT2D eigenvalue weighted by Crippen LogP contribution is -1.98. The van der Waals surface area contributed by atoms with E-state index in [1.807, 2.05) is 12.1 Å². The predicted molar refractivity (Wildman–Crippen MR) is 83.9 cm³/mol. The highest BCUT2D eigenvalue weighted by Crippen LogP contribution is 2.33. The van der Waals surface area contributed by atoms with Gasteiger partial charge in [0.1, 0.15) is 5.69 Å². The molecule has 0 atom stereocenters. The predicted octanol–water partition coefficient (Wildman–Crippen LogP) is 3.72. The Morgan fingerprint density at radius 2 is 1.29 bits per heavy atom. The molecule has 3 rings (SSSR count). The number of hydrogen-bond donors (Lipinski definition) is 2. The van der Waals surface area contributed by atoms with Crippen LogP contribution < -0.4 is 11.5 Å². The first kappa shape index (κ1) is 13.1. The summed E-state index contributed by atoms with van der Waals surface area (Å²) >= 11 is 0. The second-order valence-electron chi connectivity index (χ2n) is 4.70. The average Bonchev–Trinajstić information content (AvgIpc) is 2.49. The molecule has 0 spiro atoms. The van der Waals surface area contributed by atoms with Crippen LogP contribution in [-0.2, 0) is 0 Å². The van der Waals surface area contributed by atoms with Crippen molar-refractivity contribution in [2.45, 2.75) is 0 Å². The summed E-state index contributed by atoms with van der Waals surface area (Å²) in [6.45, 7) is 0. The van der Waals surface area contributed by atoms with Gasteiger partial charge in [-0.15, -0.1) is 0 Å². The molecule has 0 bridgehead atoms. The zero-order valence-electron chi connectivity index (χ0n) is 11.3. The Balaban J connectivity index is 2.21. The third-order valence-corrected chi connectivity index (χ3v) is 3.36. The van der Waals surface area contributed by atoms with E-state index >= 15 is 0 Å². The summed E-state index contributed by atoms with van der Waals surface area (Å²) in [6.07, 6.45) is 1.56. The minimum absolute atomic E-state index is 0.230. The van der Waals surface area contributed by atoms with Crippen LogP contribution in [0, 0.1) is 5.82 Å². The van der Waals surface area contributed by atoms with Crippen LogP contribution in [0.25, 0.3) is 22.4 Å². The molecule has 3 aromatic rings. The van der Waals surface area contributed by atoms with Gasteiger partial charge in [-0.3, -0.25) is 4.98 Å². The number of para-hydroxylation sites is 2. The zero-order chi connectivity index (χ0) is 14.8. The van der Waals surface area contributed by atoms with Gasteiger partial charge in [-0.25, -0.2) is 4.39 Å². The third kappa shape index (κ3) is 2.31. The fourth-order valence-electron chi connectivity index (χ4n) is 2.29. The Hall–Kier alpha value is -2.88. The molecule has 4 N–H and O–H groups in total. The van der Waals surface area contributed by atoms with E-state index in [0.29, 0.717) is 28.1 Å². The largest absolute Gasteiger partial charge is 0.398 e. The Morgan fingerprint density at radius 1 is 0.714 bits per heavy atom. The highest BCUT2D eigenvalue weighted by Gasteiger charge is 2.15. The minimum Gasteiger partial charge on any atom is -0.398 e. The van der Waals surface area contributed by atoms with Gasteiger partial charge >= 0.3 is 0 Å². The normalized spacial score (nSPS) is 10.5. The van der Waals surface area contributed by atoms with E-state index in [9.17, 15) is 4.39 Å². The van der Waals surface area contributed by atoms with Crippen molar-refractivity contribution in [2.75, 3.05) is 11.5 Å². The van der Waals surface area contributed by atoms with Gasteiger partial charge in [0, 0.05) is 34.3 Å². The molecule has 104 valence electrons. The van der Waals surface area contributed by atoms with E-state index in [2.05, 4.69) is 4.98 Å². The molecular formula is C17H14FN3. The van der Waals surface area contributed by atoms with E-state index in [1.165, 1.54) is 0 Å². The van der Waals surface area contributed by atoms with Crippen LogP contribution in [0.5, 0.6) is 0 Å². The number of rotatable bonds is 2. The van der Waals surface area contributed by atoms with E-state index in [4.69, 9.17) is 11.5 Å². The monoisotopic (exact) mass is 279 g/mol. The fraction of sp³-hybridized carbons (Fsp3) is 0. The van der Waals surface area contributed by atoms with Crippen LogP contribution in [0.15, 0.2) is 60.8 Å². The maximum atomic E-state index is 14.8. The molecule has 2 aromatic carbocycles. The summed E-state index contributed by atoms with van der Waals surface area (Å²) in [5.41, 5.74) is 14.7. The topological polar surface area (TPSA) is 64.9 Å². The molecule has 0 amide bonds. The number of benzene rings is 2. The number of nitrogen functional groups attached to an aromatic ring is 2. The lowest BCUT2D eigenvalue weighted by molar-refractivity contribution is 0.629. The quantitative estimate of drug-likeness (QED) is 0.703. The highest BCUT2D eigenvalue weighted by atomic mass is 19.1. The summed E-state index contributed by atoms with van der Waals surface area (Å²) in [4.78, 5) is 4.13. The van der Waals surface area contributed by atoms with Crippen LogP contribution in [0.4, 0.5) is 15.8 Å². The van der Waals surface area contributed by atoms with Gasteiger partial charge < -0.3 is 11.5 Å². The van der Waals surface area contributed by atoms with Crippen LogP contribution in [0.2, 0.25) is 0 Å². The van der Waals surface area contributed by atoms with Crippen molar-refractivity contribution in [1.82, 2.24) is 4.98 Å². The van der Waals surface area contributed by atoms with E-state index in [-0.39, 0.29) is 5.69 Å². The number of hydrogen-bond acceptors (Lipinski definition) is 3. The SMILES string of the molecule is Nc1ccccc1-c1ccnc(-c2ccccc2N)c1F. The number of pyridine rings is 1. The molecule has 3 nitrogen and oxygen atoms in total. The van der Waals surface area contributed by atoms with Crippen LogP contribution in [0.3, 0.4) is 0 Å². The van der Waals surface area contributed by atoms with Gasteiger partial charge in [0.2, 0.25) is 0 Å². The van der Waals surface area contributed by atoms with E-state index in [0.717, 1.165) is 0 Å².